The zero-order valence-corrected chi connectivity index (χ0v) is 21.0. The Morgan fingerprint density at radius 2 is 0.947 bits per heavy atom. The zero-order chi connectivity index (χ0) is 25.1. The van der Waals surface area contributed by atoms with Gasteiger partial charge in [-0.3, -0.25) is 0 Å². The Hall–Kier alpha value is -4.82. The van der Waals surface area contributed by atoms with Crippen molar-refractivity contribution in [3.05, 3.63) is 139 Å². The van der Waals surface area contributed by atoms with E-state index in [1.54, 1.807) is 0 Å². The molecule has 0 bridgehead atoms. The fourth-order valence-electron chi connectivity index (χ4n) is 6.30. The van der Waals surface area contributed by atoms with Gasteiger partial charge in [-0.2, -0.15) is 0 Å². The van der Waals surface area contributed by atoms with Crippen LogP contribution in [0.15, 0.2) is 133 Å². The van der Waals surface area contributed by atoms with Gasteiger partial charge in [0.05, 0.1) is 22.1 Å². The minimum Gasteiger partial charge on any atom is -0.309 e. The van der Waals surface area contributed by atoms with Gasteiger partial charge in [0.25, 0.3) is 0 Å². The average Bonchev–Trinajstić information content (AvgIpc) is 3.49. The van der Waals surface area contributed by atoms with Crippen molar-refractivity contribution in [2.45, 2.75) is 12.8 Å². The molecule has 2 nitrogen and oxygen atoms in total. The predicted octanol–water partition coefficient (Wildman–Crippen LogP) is 9.61. The van der Waals surface area contributed by atoms with E-state index in [0.29, 0.717) is 0 Å². The molecule has 0 unspecified atom stereocenters. The molecule has 0 amide bonds. The second-order valence-electron chi connectivity index (χ2n) is 10.1. The Balaban J connectivity index is 1.50. The average molecular weight is 487 g/mol. The zero-order valence-electron chi connectivity index (χ0n) is 21.0. The van der Waals surface area contributed by atoms with E-state index < -0.39 is 0 Å². The topological polar surface area (TPSA) is 9.86 Å². The van der Waals surface area contributed by atoms with E-state index >= 15 is 0 Å². The molecule has 38 heavy (non-hydrogen) atoms. The molecule has 0 fully saturated rings. The first kappa shape index (κ1) is 21.3. The summed E-state index contributed by atoms with van der Waals surface area (Å²) >= 11 is 0. The summed E-state index contributed by atoms with van der Waals surface area (Å²) in [5.41, 5.74) is 10.0. The number of nitrogens with zero attached hydrogens (tertiary/aromatic N) is 2. The van der Waals surface area contributed by atoms with Gasteiger partial charge in [0.1, 0.15) is 0 Å². The highest BCUT2D eigenvalue weighted by molar-refractivity contribution is 6.20. The lowest BCUT2D eigenvalue weighted by Gasteiger charge is -2.20. The predicted molar refractivity (Wildman–Crippen MR) is 162 cm³/mol. The van der Waals surface area contributed by atoms with Gasteiger partial charge >= 0.3 is 0 Å². The lowest BCUT2D eigenvalue weighted by Crippen LogP contribution is -2.03. The van der Waals surface area contributed by atoms with Crippen molar-refractivity contribution in [1.82, 2.24) is 9.13 Å². The molecule has 0 atom stereocenters. The Morgan fingerprint density at radius 1 is 0.421 bits per heavy atom. The van der Waals surface area contributed by atoms with E-state index in [0.717, 1.165) is 12.8 Å². The van der Waals surface area contributed by atoms with Crippen molar-refractivity contribution in [2.75, 3.05) is 0 Å². The van der Waals surface area contributed by atoms with Crippen molar-refractivity contribution in [3.8, 4) is 5.69 Å². The lowest BCUT2D eigenvalue weighted by atomic mass is 9.96. The maximum atomic E-state index is 2.50. The summed E-state index contributed by atoms with van der Waals surface area (Å²) in [6.07, 6.45) is 6.95. The Bertz CT molecular complexity index is 2050. The Kier molecular flexibility index (Phi) is 4.68. The van der Waals surface area contributed by atoms with E-state index in [2.05, 4.69) is 143 Å². The number of hydrogen-bond acceptors (Lipinski definition) is 0. The third-order valence-electron chi connectivity index (χ3n) is 7.93. The van der Waals surface area contributed by atoms with Gasteiger partial charge in [-0.05, 0) is 54.8 Å². The van der Waals surface area contributed by atoms with E-state index in [4.69, 9.17) is 0 Å². The monoisotopic (exact) mass is 486 g/mol. The van der Waals surface area contributed by atoms with Crippen LogP contribution in [0.5, 0.6) is 0 Å². The SMILES string of the molecule is C1=C(c2ccccc2)C(n2c3ccccc3c3cc4c(cc32)c2ccccc2n4-c2ccccc2)=CCC1. The quantitative estimate of drug-likeness (QED) is 0.235. The maximum absolute atomic E-state index is 2.50. The van der Waals surface area contributed by atoms with E-state index in [1.165, 1.54) is 66.1 Å². The van der Waals surface area contributed by atoms with E-state index in [1.807, 2.05) is 0 Å². The first-order chi connectivity index (χ1) is 18.9. The summed E-state index contributed by atoms with van der Waals surface area (Å²) in [6.45, 7) is 0. The fourth-order valence-corrected chi connectivity index (χ4v) is 6.30. The molecule has 0 spiro atoms. The van der Waals surface area contributed by atoms with Crippen LogP contribution in [-0.2, 0) is 0 Å². The van der Waals surface area contributed by atoms with Gasteiger partial charge in [-0.25, -0.2) is 0 Å². The second-order valence-corrected chi connectivity index (χ2v) is 10.1. The summed E-state index contributed by atoms with van der Waals surface area (Å²) in [5, 5.41) is 5.13. The van der Waals surface area contributed by atoms with Gasteiger partial charge in [-0.15, -0.1) is 0 Å². The number of rotatable bonds is 3. The van der Waals surface area contributed by atoms with Gasteiger partial charge in [0, 0.05) is 38.5 Å². The molecule has 2 aromatic heterocycles. The number of hydrogen-bond donors (Lipinski definition) is 0. The third kappa shape index (κ3) is 3.07. The van der Waals surface area contributed by atoms with Crippen LogP contribution in [0.4, 0.5) is 0 Å². The van der Waals surface area contributed by atoms with Crippen LogP contribution in [0.3, 0.4) is 0 Å². The highest BCUT2D eigenvalue weighted by atomic mass is 15.0. The van der Waals surface area contributed by atoms with E-state index in [-0.39, 0.29) is 0 Å². The van der Waals surface area contributed by atoms with Gasteiger partial charge in [-0.1, -0.05) is 97.1 Å². The van der Waals surface area contributed by atoms with Crippen LogP contribution in [0, 0.1) is 0 Å². The minimum atomic E-state index is 1.05. The number of allylic oxidation sites excluding steroid dienone is 4. The Morgan fingerprint density at radius 3 is 1.63 bits per heavy atom. The summed E-state index contributed by atoms with van der Waals surface area (Å²) in [7, 11) is 0. The number of benzene rings is 5. The summed E-state index contributed by atoms with van der Waals surface area (Å²) in [5.74, 6) is 0. The molecule has 8 rings (SSSR count). The van der Waals surface area contributed by atoms with Crippen LogP contribution in [-0.4, -0.2) is 9.13 Å². The largest absolute Gasteiger partial charge is 0.309 e. The fraction of sp³-hybridized carbons (Fsp3) is 0.0556. The summed E-state index contributed by atoms with van der Waals surface area (Å²) in [6, 6.07) is 44.0. The molecule has 5 aromatic carbocycles. The maximum Gasteiger partial charge on any atom is 0.0548 e. The van der Waals surface area contributed by atoms with Crippen LogP contribution in [0.2, 0.25) is 0 Å². The molecule has 0 N–H and O–H groups in total. The summed E-state index contributed by atoms with van der Waals surface area (Å²) in [4.78, 5) is 0. The summed E-state index contributed by atoms with van der Waals surface area (Å²) < 4.78 is 4.90. The van der Waals surface area contributed by atoms with E-state index in [9.17, 15) is 0 Å². The standard InChI is InChI=1S/C36H26N2/c1-3-13-25(14-4-1)27-17-7-10-20-32(27)38-34-22-12-9-19-29(34)31-23-35-30(24-36(31)38)28-18-8-11-21-33(28)37(35)26-15-5-2-6-16-26/h1-6,8-9,11-24H,7,10H2. The van der Waals surface area contributed by atoms with Crippen LogP contribution < -0.4 is 0 Å². The molecule has 0 saturated heterocycles. The highest BCUT2D eigenvalue weighted by Crippen LogP contribution is 2.42. The van der Waals surface area contributed by atoms with Crippen molar-refractivity contribution >= 4 is 54.9 Å². The normalized spacial score (nSPS) is 13.9. The van der Waals surface area contributed by atoms with Crippen molar-refractivity contribution in [2.24, 2.45) is 0 Å². The lowest BCUT2D eigenvalue weighted by molar-refractivity contribution is 1.02. The first-order valence-corrected chi connectivity index (χ1v) is 13.4. The van der Waals surface area contributed by atoms with Crippen molar-refractivity contribution < 1.29 is 0 Å². The van der Waals surface area contributed by atoms with Crippen molar-refractivity contribution in [3.63, 3.8) is 0 Å². The molecule has 1 aliphatic rings. The molecule has 0 saturated carbocycles. The molecule has 0 aliphatic heterocycles. The number of fused-ring (bicyclic) bond motifs is 6. The van der Waals surface area contributed by atoms with Gasteiger partial charge in [0.15, 0.2) is 0 Å². The van der Waals surface area contributed by atoms with Crippen molar-refractivity contribution in [1.29, 1.82) is 0 Å². The molecular weight excluding hydrogens is 460 g/mol. The second kappa shape index (κ2) is 8.36. The highest BCUT2D eigenvalue weighted by Gasteiger charge is 2.21. The minimum absolute atomic E-state index is 1.05. The smallest absolute Gasteiger partial charge is 0.0548 e. The van der Waals surface area contributed by atoms with Crippen LogP contribution in [0.1, 0.15) is 18.4 Å². The van der Waals surface area contributed by atoms with Gasteiger partial charge in [0.2, 0.25) is 0 Å². The molecule has 2 heterocycles. The van der Waals surface area contributed by atoms with Crippen LogP contribution >= 0.6 is 0 Å². The first-order valence-electron chi connectivity index (χ1n) is 13.4. The molecule has 0 radical (unpaired) electrons. The Labute approximate surface area is 221 Å². The molecule has 180 valence electrons. The van der Waals surface area contributed by atoms with Gasteiger partial charge < -0.3 is 9.13 Å². The molecule has 2 heteroatoms. The number of para-hydroxylation sites is 3. The molecule has 7 aromatic rings. The molecular formula is C36H26N2. The van der Waals surface area contributed by atoms with Crippen LogP contribution in [0.25, 0.3) is 60.6 Å². The number of aromatic nitrogens is 2. The molecule has 1 aliphatic carbocycles. The third-order valence-corrected chi connectivity index (χ3v) is 7.93.